The normalized spacial score (nSPS) is 24.4. The lowest BCUT2D eigenvalue weighted by atomic mass is 9.90. The Morgan fingerprint density at radius 2 is 0.750 bits per heavy atom. The Labute approximate surface area is 126 Å². The zero-order chi connectivity index (χ0) is 13.9. The van der Waals surface area contributed by atoms with Crippen LogP contribution >= 0.6 is 0 Å². The van der Waals surface area contributed by atoms with Crippen molar-refractivity contribution in [2.24, 2.45) is 0 Å². The lowest BCUT2D eigenvalue weighted by Crippen LogP contribution is -1.96. The molecule has 2 aliphatic carbocycles. The third kappa shape index (κ3) is 6.29. The van der Waals surface area contributed by atoms with Crippen molar-refractivity contribution in [3.8, 4) is 0 Å². The van der Waals surface area contributed by atoms with Crippen LogP contribution in [0.4, 0.5) is 0 Å². The summed E-state index contributed by atoms with van der Waals surface area (Å²) >= 11 is 0. The quantitative estimate of drug-likeness (QED) is 0.478. The van der Waals surface area contributed by atoms with Gasteiger partial charge in [0.1, 0.15) is 0 Å². The van der Waals surface area contributed by atoms with Gasteiger partial charge >= 0.3 is 0 Å². The first-order chi connectivity index (χ1) is 9.97. The van der Waals surface area contributed by atoms with Crippen LogP contribution < -0.4 is 0 Å². The van der Waals surface area contributed by atoms with Gasteiger partial charge in [0.2, 0.25) is 0 Å². The summed E-state index contributed by atoms with van der Waals surface area (Å²) in [4.78, 5) is 0. The molecule has 2 aliphatic rings. The van der Waals surface area contributed by atoms with Gasteiger partial charge in [0, 0.05) is 0 Å². The average molecular weight is 274 g/mol. The van der Waals surface area contributed by atoms with E-state index in [1.165, 1.54) is 103 Å². The lowest BCUT2D eigenvalue weighted by molar-refractivity contribution is 0.574. The molecule has 0 bridgehead atoms. The highest BCUT2D eigenvalue weighted by atomic mass is 14.1. The van der Waals surface area contributed by atoms with E-state index in [2.05, 4.69) is 12.2 Å². The molecule has 0 saturated carbocycles. The highest BCUT2D eigenvalue weighted by molar-refractivity contribution is 5.31. The second-order valence-electron chi connectivity index (χ2n) is 6.78. The molecule has 2 rings (SSSR count). The molecule has 0 aliphatic heterocycles. The number of hydrogen-bond acceptors (Lipinski definition) is 0. The van der Waals surface area contributed by atoms with Crippen LogP contribution in [-0.4, -0.2) is 0 Å². The van der Waals surface area contributed by atoms with E-state index in [9.17, 15) is 0 Å². The Kier molecular flexibility index (Phi) is 8.12. The smallest absolute Gasteiger partial charge is 0.0279 e. The number of allylic oxidation sites excluding steroid dienone is 4. The second-order valence-corrected chi connectivity index (χ2v) is 6.78. The highest BCUT2D eigenvalue weighted by Gasteiger charge is 2.08. The third-order valence-corrected chi connectivity index (χ3v) is 4.99. The van der Waals surface area contributed by atoms with Crippen LogP contribution in [0, 0.1) is 0 Å². The predicted molar refractivity (Wildman–Crippen MR) is 90.0 cm³/mol. The SMILES string of the molecule is C1=C(C2=CCCCCCCCC2)CCCCCCCC1. The van der Waals surface area contributed by atoms with E-state index in [0.717, 1.165) is 0 Å². The van der Waals surface area contributed by atoms with Crippen molar-refractivity contribution >= 4 is 0 Å². The van der Waals surface area contributed by atoms with E-state index in [4.69, 9.17) is 0 Å². The van der Waals surface area contributed by atoms with Crippen LogP contribution in [0.25, 0.3) is 0 Å². The van der Waals surface area contributed by atoms with E-state index in [1.807, 2.05) is 0 Å². The fraction of sp³-hybridized carbons (Fsp3) is 0.800. The molecule has 0 heteroatoms. The molecule has 0 fully saturated rings. The van der Waals surface area contributed by atoms with Gasteiger partial charge in [-0.15, -0.1) is 0 Å². The fourth-order valence-corrected chi connectivity index (χ4v) is 3.67. The van der Waals surface area contributed by atoms with Crippen molar-refractivity contribution < 1.29 is 0 Å². The summed E-state index contributed by atoms with van der Waals surface area (Å²) in [6.45, 7) is 0. The molecule has 0 saturated heterocycles. The molecule has 0 aromatic rings. The zero-order valence-electron chi connectivity index (χ0n) is 13.5. The monoisotopic (exact) mass is 274 g/mol. The zero-order valence-corrected chi connectivity index (χ0v) is 13.5. The minimum absolute atomic E-state index is 1.33. The molecule has 0 nitrogen and oxygen atoms in total. The van der Waals surface area contributed by atoms with Crippen LogP contribution in [0.15, 0.2) is 23.3 Å². The molecule has 0 heterocycles. The highest BCUT2D eigenvalue weighted by Crippen LogP contribution is 2.27. The molecular weight excluding hydrogens is 240 g/mol. The van der Waals surface area contributed by atoms with Crippen molar-refractivity contribution in [1.29, 1.82) is 0 Å². The van der Waals surface area contributed by atoms with Gasteiger partial charge in [-0.1, -0.05) is 63.5 Å². The minimum Gasteiger partial charge on any atom is -0.0811 e. The minimum atomic E-state index is 1.33. The van der Waals surface area contributed by atoms with Gasteiger partial charge in [0.25, 0.3) is 0 Å². The molecule has 0 N–H and O–H groups in total. The van der Waals surface area contributed by atoms with E-state index >= 15 is 0 Å². The van der Waals surface area contributed by atoms with Gasteiger partial charge in [0.05, 0.1) is 0 Å². The molecule has 0 aromatic carbocycles. The second kappa shape index (κ2) is 10.2. The maximum atomic E-state index is 2.60. The van der Waals surface area contributed by atoms with Crippen LogP contribution in [0.2, 0.25) is 0 Å². The molecule has 0 unspecified atom stereocenters. The Bertz CT molecular complexity index is 276. The van der Waals surface area contributed by atoms with Gasteiger partial charge in [0.15, 0.2) is 0 Å². The van der Waals surface area contributed by atoms with E-state index in [0.29, 0.717) is 0 Å². The average Bonchev–Trinajstić information content (AvgIpc) is 2.50. The summed E-state index contributed by atoms with van der Waals surface area (Å²) in [6.07, 6.45) is 27.9. The standard InChI is InChI=1S/C20H34/c1-3-7-11-15-19(16-12-8-4-1)20-17-13-9-5-2-6-10-14-18-20/h15,17H,1-14,16,18H2. The summed E-state index contributed by atoms with van der Waals surface area (Å²) in [5.41, 5.74) is 3.46. The summed E-state index contributed by atoms with van der Waals surface area (Å²) < 4.78 is 0. The Balaban J connectivity index is 1.98. The Hall–Kier alpha value is -0.520. The molecule has 114 valence electrons. The molecule has 0 radical (unpaired) electrons. The fourth-order valence-electron chi connectivity index (χ4n) is 3.67. The van der Waals surface area contributed by atoms with Gasteiger partial charge in [-0.3, -0.25) is 0 Å². The van der Waals surface area contributed by atoms with Crippen LogP contribution in [-0.2, 0) is 0 Å². The van der Waals surface area contributed by atoms with E-state index in [-0.39, 0.29) is 0 Å². The predicted octanol–water partition coefficient (Wildman–Crippen LogP) is 7.11. The van der Waals surface area contributed by atoms with Crippen molar-refractivity contribution in [3.63, 3.8) is 0 Å². The van der Waals surface area contributed by atoms with E-state index in [1.54, 1.807) is 11.1 Å². The van der Waals surface area contributed by atoms with Gasteiger partial charge in [-0.25, -0.2) is 0 Å². The molecule has 0 spiro atoms. The van der Waals surface area contributed by atoms with Crippen molar-refractivity contribution in [3.05, 3.63) is 23.3 Å². The molecule has 20 heavy (non-hydrogen) atoms. The third-order valence-electron chi connectivity index (χ3n) is 4.99. The van der Waals surface area contributed by atoms with E-state index < -0.39 is 0 Å². The Morgan fingerprint density at radius 1 is 0.400 bits per heavy atom. The lowest BCUT2D eigenvalue weighted by Gasteiger charge is -2.16. The van der Waals surface area contributed by atoms with Crippen molar-refractivity contribution in [2.45, 2.75) is 103 Å². The topological polar surface area (TPSA) is 0 Å². The summed E-state index contributed by atoms with van der Waals surface area (Å²) in [7, 11) is 0. The molecule has 0 amide bonds. The molecular formula is C20H34. The Morgan fingerprint density at radius 3 is 1.20 bits per heavy atom. The maximum absolute atomic E-state index is 2.60. The molecule has 0 atom stereocenters. The number of rotatable bonds is 1. The van der Waals surface area contributed by atoms with Crippen molar-refractivity contribution in [2.75, 3.05) is 0 Å². The maximum Gasteiger partial charge on any atom is -0.0279 e. The summed E-state index contributed by atoms with van der Waals surface area (Å²) in [6, 6.07) is 0. The van der Waals surface area contributed by atoms with Crippen molar-refractivity contribution in [1.82, 2.24) is 0 Å². The number of hydrogen-bond donors (Lipinski definition) is 0. The van der Waals surface area contributed by atoms with Gasteiger partial charge in [-0.05, 0) is 62.5 Å². The first-order valence-corrected chi connectivity index (χ1v) is 9.35. The van der Waals surface area contributed by atoms with Gasteiger partial charge < -0.3 is 0 Å². The van der Waals surface area contributed by atoms with Crippen LogP contribution in [0.5, 0.6) is 0 Å². The largest absolute Gasteiger partial charge is 0.0811 e. The summed E-state index contributed by atoms with van der Waals surface area (Å²) in [5.74, 6) is 0. The van der Waals surface area contributed by atoms with Crippen LogP contribution in [0.3, 0.4) is 0 Å². The first-order valence-electron chi connectivity index (χ1n) is 9.35. The summed E-state index contributed by atoms with van der Waals surface area (Å²) in [5, 5.41) is 0. The van der Waals surface area contributed by atoms with Gasteiger partial charge in [-0.2, -0.15) is 0 Å². The molecule has 0 aromatic heterocycles. The van der Waals surface area contributed by atoms with Crippen LogP contribution in [0.1, 0.15) is 103 Å². The first kappa shape index (κ1) is 15.9.